The lowest BCUT2D eigenvalue weighted by Gasteiger charge is -2.34. The van der Waals surface area contributed by atoms with Crippen LogP contribution in [0.15, 0.2) is 24.3 Å². The van der Waals surface area contributed by atoms with Crippen LogP contribution in [0.3, 0.4) is 0 Å². The number of hydrogen-bond acceptors (Lipinski definition) is 3. The molecule has 5 nitrogen and oxygen atoms in total. The van der Waals surface area contributed by atoms with Gasteiger partial charge in [0.1, 0.15) is 5.75 Å². The quantitative estimate of drug-likeness (QED) is 0.797. The third-order valence-electron chi connectivity index (χ3n) is 5.28. The zero-order valence-corrected chi connectivity index (χ0v) is 15.5. The average molecular weight is 346 g/mol. The first kappa shape index (κ1) is 19.3. The van der Waals surface area contributed by atoms with Crippen molar-refractivity contribution in [3.05, 3.63) is 29.8 Å². The van der Waals surface area contributed by atoms with E-state index in [-0.39, 0.29) is 30.7 Å². The van der Waals surface area contributed by atoms with Crippen molar-refractivity contribution in [3.8, 4) is 5.75 Å². The maximum absolute atomic E-state index is 12.1. The lowest BCUT2D eigenvalue weighted by Crippen LogP contribution is -2.43. The highest BCUT2D eigenvalue weighted by Gasteiger charge is 2.28. The van der Waals surface area contributed by atoms with Gasteiger partial charge in [-0.3, -0.25) is 9.59 Å². The molecule has 2 amide bonds. The number of rotatable bonds is 7. The van der Waals surface area contributed by atoms with Gasteiger partial charge in [0.05, 0.1) is 7.11 Å². The van der Waals surface area contributed by atoms with E-state index in [1.165, 1.54) is 12.8 Å². The molecule has 138 valence electrons. The van der Waals surface area contributed by atoms with Crippen LogP contribution in [0.4, 0.5) is 0 Å². The molecule has 1 aromatic rings. The van der Waals surface area contributed by atoms with E-state index in [0.717, 1.165) is 17.7 Å². The Kier molecular flexibility index (Phi) is 7.29. The largest absolute Gasteiger partial charge is 0.497 e. The van der Waals surface area contributed by atoms with E-state index in [2.05, 4.69) is 24.5 Å². The van der Waals surface area contributed by atoms with Crippen molar-refractivity contribution in [1.82, 2.24) is 10.6 Å². The standard InChI is InChI=1S/C20H30N2O3/c1-14-5-4-6-18(15(14)2)22-20(24)12-11-19(23)21-13-16-7-9-17(25-3)10-8-16/h7-10,14-15,18H,4-6,11-13H2,1-3H3,(H,21,23)(H,22,24)/t14-,15-,18+/m0/s1. The molecule has 0 heterocycles. The Labute approximate surface area is 150 Å². The van der Waals surface area contributed by atoms with Crippen LogP contribution in [0.5, 0.6) is 5.75 Å². The van der Waals surface area contributed by atoms with Crippen molar-refractivity contribution in [2.24, 2.45) is 11.8 Å². The molecule has 0 spiro atoms. The molecule has 0 unspecified atom stereocenters. The Balaban J connectivity index is 1.67. The Morgan fingerprint density at radius 3 is 2.44 bits per heavy atom. The number of amides is 2. The van der Waals surface area contributed by atoms with Crippen LogP contribution in [0.25, 0.3) is 0 Å². The van der Waals surface area contributed by atoms with Gasteiger partial charge in [0, 0.05) is 25.4 Å². The van der Waals surface area contributed by atoms with Gasteiger partial charge < -0.3 is 15.4 Å². The minimum absolute atomic E-state index is 0.0226. The van der Waals surface area contributed by atoms with Gasteiger partial charge in [-0.2, -0.15) is 0 Å². The maximum atomic E-state index is 12.1. The molecular formula is C20H30N2O3. The van der Waals surface area contributed by atoms with Gasteiger partial charge in [0.2, 0.25) is 11.8 Å². The van der Waals surface area contributed by atoms with E-state index in [0.29, 0.717) is 18.4 Å². The molecule has 0 radical (unpaired) electrons. The van der Waals surface area contributed by atoms with Gasteiger partial charge in [-0.05, 0) is 36.0 Å². The zero-order valence-electron chi connectivity index (χ0n) is 15.5. The summed E-state index contributed by atoms with van der Waals surface area (Å²) in [4.78, 5) is 24.0. The molecule has 0 aliphatic heterocycles. The van der Waals surface area contributed by atoms with Gasteiger partial charge in [0.25, 0.3) is 0 Å². The van der Waals surface area contributed by atoms with Gasteiger partial charge >= 0.3 is 0 Å². The first-order valence-corrected chi connectivity index (χ1v) is 9.18. The topological polar surface area (TPSA) is 67.4 Å². The SMILES string of the molecule is COc1ccc(CNC(=O)CCC(=O)N[C@@H]2CCC[C@H](C)[C@@H]2C)cc1. The van der Waals surface area contributed by atoms with Gasteiger partial charge in [-0.25, -0.2) is 0 Å². The second-order valence-electron chi connectivity index (χ2n) is 7.07. The molecule has 1 aromatic carbocycles. The molecule has 25 heavy (non-hydrogen) atoms. The van der Waals surface area contributed by atoms with E-state index in [1.807, 2.05) is 24.3 Å². The fourth-order valence-electron chi connectivity index (χ4n) is 3.32. The second kappa shape index (κ2) is 9.44. The van der Waals surface area contributed by atoms with Crippen molar-refractivity contribution in [3.63, 3.8) is 0 Å². The number of ether oxygens (including phenoxy) is 1. The predicted octanol–water partition coefficient (Wildman–Crippen LogP) is 3.03. The fraction of sp³-hybridized carbons (Fsp3) is 0.600. The van der Waals surface area contributed by atoms with E-state index in [4.69, 9.17) is 4.74 Å². The highest BCUT2D eigenvalue weighted by molar-refractivity contribution is 5.83. The number of nitrogens with one attached hydrogen (secondary N) is 2. The molecule has 1 aliphatic rings. The fourth-order valence-corrected chi connectivity index (χ4v) is 3.32. The van der Waals surface area contributed by atoms with E-state index >= 15 is 0 Å². The summed E-state index contributed by atoms with van der Waals surface area (Å²) in [6.07, 6.45) is 3.91. The van der Waals surface area contributed by atoms with Crippen LogP contribution in [-0.4, -0.2) is 25.0 Å². The Morgan fingerprint density at radius 1 is 1.08 bits per heavy atom. The Hall–Kier alpha value is -2.04. The van der Waals surface area contributed by atoms with Crippen molar-refractivity contribution in [2.45, 2.75) is 58.5 Å². The number of carbonyl (C=O) groups is 2. The average Bonchev–Trinajstić information content (AvgIpc) is 2.62. The zero-order chi connectivity index (χ0) is 18.2. The van der Waals surface area contributed by atoms with Crippen LogP contribution >= 0.6 is 0 Å². The van der Waals surface area contributed by atoms with Gasteiger partial charge in [-0.15, -0.1) is 0 Å². The Morgan fingerprint density at radius 2 is 1.76 bits per heavy atom. The van der Waals surface area contributed by atoms with Crippen LogP contribution in [0.1, 0.15) is 51.5 Å². The summed E-state index contributed by atoms with van der Waals surface area (Å²) in [5.41, 5.74) is 1.00. The minimum Gasteiger partial charge on any atom is -0.497 e. The highest BCUT2D eigenvalue weighted by Crippen LogP contribution is 2.29. The number of methoxy groups -OCH3 is 1. The predicted molar refractivity (Wildman–Crippen MR) is 98.2 cm³/mol. The molecule has 0 aromatic heterocycles. The first-order chi connectivity index (χ1) is 12.0. The van der Waals surface area contributed by atoms with Crippen LogP contribution in [0, 0.1) is 11.8 Å². The van der Waals surface area contributed by atoms with E-state index in [1.54, 1.807) is 7.11 Å². The van der Waals surface area contributed by atoms with Crippen molar-refractivity contribution in [1.29, 1.82) is 0 Å². The summed E-state index contributed by atoms with van der Waals surface area (Å²) < 4.78 is 5.10. The van der Waals surface area contributed by atoms with Crippen molar-refractivity contribution >= 4 is 11.8 Å². The molecule has 5 heteroatoms. The Bertz CT molecular complexity index is 571. The molecule has 1 aliphatic carbocycles. The van der Waals surface area contributed by atoms with Crippen molar-refractivity contribution in [2.75, 3.05) is 7.11 Å². The van der Waals surface area contributed by atoms with Crippen LogP contribution in [-0.2, 0) is 16.1 Å². The summed E-state index contributed by atoms with van der Waals surface area (Å²) >= 11 is 0. The van der Waals surface area contributed by atoms with Crippen LogP contribution < -0.4 is 15.4 Å². The lowest BCUT2D eigenvalue weighted by molar-refractivity contribution is -0.127. The molecule has 1 saturated carbocycles. The van der Waals surface area contributed by atoms with Gasteiger partial charge in [-0.1, -0.05) is 38.8 Å². The monoisotopic (exact) mass is 346 g/mol. The smallest absolute Gasteiger partial charge is 0.220 e. The molecule has 0 saturated heterocycles. The second-order valence-corrected chi connectivity index (χ2v) is 7.07. The molecule has 3 atom stereocenters. The summed E-state index contributed by atoms with van der Waals surface area (Å²) in [6, 6.07) is 7.80. The van der Waals surface area contributed by atoms with Crippen LogP contribution in [0.2, 0.25) is 0 Å². The minimum atomic E-state index is -0.101. The third-order valence-corrected chi connectivity index (χ3v) is 5.28. The molecule has 2 N–H and O–H groups in total. The highest BCUT2D eigenvalue weighted by atomic mass is 16.5. The van der Waals surface area contributed by atoms with Crippen molar-refractivity contribution < 1.29 is 14.3 Å². The number of benzene rings is 1. The first-order valence-electron chi connectivity index (χ1n) is 9.18. The molecular weight excluding hydrogens is 316 g/mol. The van der Waals surface area contributed by atoms with Gasteiger partial charge in [0.15, 0.2) is 0 Å². The van der Waals surface area contributed by atoms with E-state index in [9.17, 15) is 9.59 Å². The normalized spacial score (nSPS) is 22.9. The summed E-state index contributed by atoms with van der Waals surface area (Å²) in [6.45, 7) is 4.91. The maximum Gasteiger partial charge on any atom is 0.220 e. The third kappa shape index (κ3) is 6.07. The summed E-state index contributed by atoms with van der Waals surface area (Å²) in [5.74, 6) is 1.81. The lowest BCUT2D eigenvalue weighted by atomic mass is 9.78. The molecule has 1 fully saturated rings. The number of hydrogen-bond donors (Lipinski definition) is 2. The molecule has 2 rings (SSSR count). The van der Waals surface area contributed by atoms with E-state index < -0.39 is 0 Å². The summed E-state index contributed by atoms with van der Waals surface area (Å²) in [5, 5.41) is 5.96. The molecule has 0 bridgehead atoms. The number of carbonyl (C=O) groups excluding carboxylic acids is 2. The summed E-state index contributed by atoms with van der Waals surface area (Å²) in [7, 11) is 1.62.